The van der Waals surface area contributed by atoms with Crippen LogP contribution in [0.25, 0.3) is 11.3 Å². The Balaban J connectivity index is 1.53. The Kier molecular flexibility index (Phi) is 4.19. The summed E-state index contributed by atoms with van der Waals surface area (Å²) in [5.74, 6) is 0.426. The molecule has 3 heterocycles. The molecule has 142 valence electrons. The molecule has 27 heavy (non-hydrogen) atoms. The number of benzene rings is 1. The Morgan fingerprint density at radius 1 is 1.15 bits per heavy atom. The molecule has 2 atom stereocenters. The van der Waals surface area contributed by atoms with Gasteiger partial charge in [-0.2, -0.15) is 0 Å². The van der Waals surface area contributed by atoms with Gasteiger partial charge in [-0.3, -0.25) is 9.59 Å². The normalized spacial score (nSPS) is 24.8. The van der Waals surface area contributed by atoms with Crippen LogP contribution in [0.1, 0.15) is 10.6 Å². The summed E-state index contributed by atoms with van der Waals surface area (Å²) in [7, 11) is 3.52. The van der Waals surface area contributed by atoms with Crippen LogP contribution in [-0.4, -0.2) is 67.1 Å². The maximum Gasteiger partial charge on any atom is 0.313 e. The van der Waals surface area contributed by atoms with Crippen LogP contribution in [0.5, 0.6) is 5.75 Å². The largest absolute Gasteiger partial charge is 0.497 e. The van der Waals surface area contributed by atoms with Crippen molar-refractivity contribution < 1.29 is 23.8 Å². The van der Waals surface area contributed by atoms with E-state index < -0.39 is 11.4 Å². The van der Waals surface area contributed by atoms with Gasteiger partial charge in [0.1, 0.15) is 16.9 Å². The molecular weight excluding hydrogens is 348 g/mol. The maximum atomic E-state index is 12.9. The van der Waals surface area contributed by atoms with E-state index in [1.54, 1.807) is 24.1 Å². The highest BCUT2D eigenvalue weighted by atomic mass is 16.5. The quantitative estimate of drug-likeness (QED) is 0.887. The van der Waals surface area contributed by atoms with Gasteiger partial charge in [-0.1, -0.05) is 0 Å². The first-order chi connectivity index (χ1) is 12.9. The molecule has 1 aromatic carbocycles. The van der Waals surface area contributed by atoms with Crippen molar-refractivity contribution in [2.24, 2.45) is 11.3 Å². The summed E-state index contributed by atoms with van der Waals surface area (Å²) >= 11 is 0. The number of ether oxygens (including phenoxy) is 1. The first kappa shape index (κ1) is 17.6. The molecule has 2 aliphatic rings. The van der Waals surface area contributed by atoms with Gasteiger partial charge in [0.05, 0.1) is 7.11 Å². The zero-order chi connectivity index (χ0) is 19.2. The Morgan fingerprint density at radius 3 is 2.52 bits per heavy atom. The van der Waals surface area contributed by atoms with E-state index in [4.69, 9.17) is 9.15 Å². The van der Waals surface area contributed by atoms with E-state index in [-0.39, 0.29) is 24.1 Å². The van der Waals surface area contributed by atoms with Crippen molar-refractivity contribution in [1.29, 1.82) is 0 Å². The van der Waals surface area contributed by atoms with Crippen molar-refractivity contribution >= 4 is 11.9 Å². The van der Waals surface area contributed by atoms with Crippen LogP contribution in [0.2, 0.25) is 0 Å². The molecule has 0 spiro atoms. The number of amides is 1. The van der Waals surface area contributed by atoms with Crippen molar-refractivity contribution in [2.45, 2.75) is 0 Å². The molecule has 0 bridgehead atoms. The second kappa shape index (κ2) is 6.42. The molecule has 4 rings (SSSR count). The minimum absolute atomic E-state index is 0.0556. The SMILES string of the molecule is COc1ccc(-c2ccc(C(=O)N3C[C@@H]4CN(C)C[C@]4(C(=O)O)C3)o2)cc1. The molecule has 2 saturated heterocycles. The minimum atomic E-state index is -0.879. The number of likely N-dealkylation sites (tertiary alicyclic amines) is 2. The topological polar surface area (TPSA) is 83.2 Å². The summed E-state index contributed by atoms with van der Waals surface area (Å²) in [6.45, 7) is 1.81. The predicted molar refractivity (Wildman–Crippen MR) is 97.7 cm³/mol. The fourth-order valence-electron chi connectivity index (χ4n) is 4.29. The number of carboxylic acid groups (broad SMARTS) is 1. The first-order valence-corrected chi connectivity index (χ1v) is 8.88. The van der Waals surface area contributed by atoms with E-state index in [1.165, 1.54) is 0 Å². The molecule has 0 aliphatic carbocycles. The number of hydrogen-bond donors (Lipinski definition) is 1. The van der Waals surface area contributed by atoms with E-state index in [0.29, 0.717) is 25.4 Å². The van der Waals surface area contributed by atoms with Gasteiger partial charge in [-0.25, -0.2) is 0 Å². The lowest BCUT2D eigenvalue weighted by molar-refractivity contribution is -0.148. The Labute approximate surface area is 157 Å². The Bertz CT molecular complexity index is 875. The summed E-state index contributed by atoms with van der Waals surface area (Å²) in [5, 5.41) is 9.76. The van der Waals surface area contributed by atoms with Gasteiger partial charge in [0.15, 0.2) is 5.76 Å². The fourth-order valence-corrected chi connectivity index (χ4v) is 4.29. The number of carbonyl (C=O) groups is 2. The van der Waals surface area contributed by atoms with Crippen LogP contribution in [0.4, 0.5) is 0 Å². The van der Waals surface area contributed by atoms with Crippen molar-refractivity contribution in [2.75, 3.05) is 40.3 Å². The van der Waals surface area contributed by atoms with Gasteiger partial charge in [0.2, 0.25) is 0 Å². The van der Waals surface area contributed by atoms with Crippen LogP contribution in [0, 0.1) is 11.3 Å². The number of carboxylic acids is 1. The van der Waals surface area contributed by atoms with Crippen molar-refractivity contribution in [3.05, 3.63) is 42.2 Å². The standard InChI is InChI=1S/C20H22N2O5/c1-21-9-14-10-22(12-20(14,11-21)19(24)25)18(23)17-8-7-16(27-17)13-3-5-15(26-2)6-4-13/h3-8,14H,9-12H2,1-2H3,(H,24,25)/t14-,20-/m0/s1. The third-order valence-electron chi connectivity index (χ3n) is 5.68. The van der Waals surface area contributed by atoms with Crippen LogP contribution in [0.3, 0.4) is 0 Å². The highest BCUT2D eigenvalue weighted by Gasteiger charge is 2.58. The Hall–Kier alpha value is -2.80. The molecule has 2 aliphatic heterocycles. The van der Waals surface area contributed by atoms with E-state index >= 15 is 0 Å². The fraction of sp³-hybridized carbons (Fsp3) is 0.400. The number of methoxy groups -OCH3 is 1. The third kappa shape index (κ3) is 2.88. The van der Waals surface area contributed by atoms with Crippen molar-refractivity contribution in [3.63, 3.8) is 0 Å². The molecule has 0 saturated carbocycles. The highest BCUT2D eigenvalue weighted by Crippen LogP contribution is 2.42. The number of nitrogens with zero attached hydrogens (tertiary/aromatic N) is 2. The summed E-state index contributed by atoms with van der Waals surface area (Å²) in [6, 6.07) is 10.8. The highest BCUT2D eigenvalue weighted by molar-refractivity contribution is 5.93. The summed E-state index contributed by atoms with van der Waals surface area (Å²) in [6.07, 6.45) is 0. The van der Waals surface area contributed by atoms with Gasteiger partial charge in [0, 0.05) is 37.7 Å². The Morgan fingerprint density at radius 2 is 1.89 bits per heavy atom. The molecule has 1 amide bonds. The van der Waals surface area contributed by atoms with Gasteiger partial charge < -0.3 is 24.1 Å². The lowest BCUT2D eigenvalue weighted by atomic mass is 9.81. The van der Waals surface area contributed by atoms with E-state index in [2.05, 4.69) is 0 Å². The minimum Gasteiger partial charge on any atom is -0.497 e. The number of furan rings is 1. The maximum absolute atomic E-state index is 12.9. The van der Waals surface area contributed by atoms with Crippen molar-refractivity contribution in [1.82, 2.24) is 9.80 Å². The van der Waals surface area contributed by atoms with Gasteiger partial charge in [-0.15, -0.1) is 0 Å². The van der Waals surface area contributed by atoms with Crippen LogP contribution in [0.15, 0.2) is 40.8 Å². The molecule has 2 aromatic rings. The number of rotatable bonds is 4. The van der Waals surface area contributed by atoms with E-state index in [9.17, 15) is 14.7 Å². The summed E-state index contributed by atoms with van der Waals surface area (Å²) in [4.78, 5) is 28.4. The molecule has 1 N–H and O–H groups in total. The van der Waals surface area contributed by atoms with E-state index in [0.717, 1.165) is 11.3 Å². The molecular formula is C20H22N2O5. The zero-order valence-corrected chi connectivity index (χ0v) is 15.3. The molecule has 0 unspecified atom stereocenters. The molecule has 1 aromatic heterocycles. The average Bonchev–Trinajstić information content (AvgIpc) is 3.34. The smallest absolute Gasteiger partial charge is 0.313 e. The average molecular weight is 370 g/mol. The van der Waals surface area contributed by atoms with Crippen LogP contribution < -0.4 is 4.74 Å². The number of hydrogen-bond acceptors (Lipinski definition) is 5. The number of fused-ring (bicyclic) bond motifs is 1. The molecule has 0 radical (unpaired) electrons. The van der Waals surface area contributed by atoms with Crippen LogP contribution in [-0.2, 0) is 4.79 Å². The molecule has 7 heteroatoms. The molecule has 2 fully saturated rings. The second-order valence-corrected chi connectivity index (χ2v) is 7.43. The summed E-state index contributed by atoms with van der Waals surface area (Å²) < 4.78 is 10.9. The van der Waals surface area contributed by atoms with Crippen LogP contribution >= 0.6 is 0 Å². The third-order valence-corrected chi connectivity index (χ3v) is 5.68. The lowest BCUT2D eigenvalue weighted by Crippen LogP contribution is -2.41. The van der Waals surface area contributed by atoms with Crippen molar-refractivity contribution in [3.8, 4) is 17.1 Å². The predicted octanol–water partition coefficient (Wildman–Crippen LogP) is 2.04. The summed E-state index contributed by atoms with van der Waals surface area (Å²) in [5.41, 5.74) is -0.0349. The first-order valence-electron chi connectivity index (χ1n) is 8.88. The molecule has 7 nitrogen and oxygen atoms in total. The van der Waals surface area contributed by atoms with Gasteiger partial charge in [0.25, 0.3) is 5.91 Å². The number of aliphatic carboxylic acids is 1. The number of carbonyl (C=O) groups excluding carboxylic acids is 1. The van der Waals surface area contributed by atoms with E-state index in [1.807, 2.05) is 36.2 Å². The van der Waals surface area contributed by atoms with Gasteiger partial charge >= 0.3 is 5.97 Å². The second-order valence-electron chi connectivity index (χ2n) is 7.43. The van der Waals surface area contributed by atoms with Gasteiger partial charge in [-0.05, 0) is 43.4 Å². The lowest BCUT2D eigenvalue weighted by Gasteiger charge is -2.23. The monoisotopic (exact) mass is 370 g/mol. The zero-order valence-electron chi connectivity index (χ0n) is 15.3.